The van der Waals surface area contributed by atoms with E-state index in [1.807, 2.05) is 0 Å². The lowest BCUT2D eigenvalue weighted by Crippen LogP contribution is -2.31. The van der Waals surface area contributed by atoms with Gasteiger partial charge < -0.3 is 29.6 Å². The number of carbonyl (C=O) groups excluding carboxylic acids is 2. The van der Waals surface area contributed by atoms with E-state index in [4.69, 9.17) is 9.47 Å². The number of nitrogens with zero attached hydrogens (tertiary/aromatic N) is 2. The Balaban J connectivity index is 1.73. The third kappa shape index (κ3) is 6.98. The Morgan fingerprint density at radius 1 is 0.684 bits per heavy atom. The van der Waals surface area contributed by atoms with Crippen LogP contribution in [0.15, 0.2) is 60.7 Å². The Kier molecular flexibility index (Phi) is 8.88. The molecule has 0 radical (unpaired) electrons. The zero-order valence-electron chi connectivity index (χ0n) is 19.3. The number of nitro groups is 2. The lowest BCUT2D eigenvalue weighted by molar-refractivity contribution is -0.385. The van der Waals surface area contributed by atoms with Crippen LogP contribution >= 0.6 is 0 Å². The van der Waals surface area contributed by atoms with Gasteiger partial charge in [0.2, 0.25) is 0 Å². The highest BCUT2D eigenvalue weighted by Crippen LogP contribution is 2.18. The van der Waals surface area contributed by atoms with E-state index in [9.17, 15) is 49.9 Å². The van der Waals surface area contributed by atoms with Crippen LogP contribution in [-0.4, -0.2) is 56.1 Å². The number of rotatable bonds is 10. The number of hydrogen-bond donors (Lipinski definition) is 4. The predicted octanol–water partition coefficient (Wildman–Crippen LogP) is -0.423. The summed E-state index contributed by atoms with van der Waals surface area (Å²) in [5.74, 6) is -1.98. The van der Waals surface area contributed by atoms with Gasteiger partial charge in [0.25, 0.3) is 11.4 Å². The predicted molar refractivity (Wildman–Crippen MR) is 131 cm³/mol. The number of nitro benzene ring substituents is 2. The molecule has 0 unspecified atom stereocenters. The summed E-state index contributed by atoms with van der Waals surface area (Å²) in [5.41, 5.74) is -1.45. The van der Waals surface area contributed by atoms with Gasteiger partial charge in [0, 0.05) is 24.3 Å². The van der Waals surface area contributed by atoms with Gasteiger partial charge >= 0.3 is 26.2 Å². The molecular formula is C22H18B2N2O12. The second kappa shape index (κ2) is 12.1. The summed E-state index contributed by atoms with van der Waals surface area (Å²) >= 11 is 0. The highest BCUT2D eigenvalue weighted by Gasteiger charge is 2.23. The highest BCUT2D eigenvalue weighted by atomic mass is 16.6. The molecule has 0 atom stereocenters. The van der Waals surface area contributed by atoms with Crippen molar-refractivity contribution in [2.24, 2.45) is 0 Å². The third-order valence-corrected chi connectivity index (χ3v) is 5.21. The summed E-state index contributed by atoms with van der Waals surface area (Å²) < 4.78 is 10.4. The van der Waals surface area contributed by atoms with Crippen LogP contribution in [0.1, 0.15) is 31.8 Å². The second-order valence-electron chi connectivity index (χ2n) is 7.81. The van der Waals surface area contributed by atoms with Crippen LogP contribution in [0, 0.1) is 20.2 Å². The lowest BCUT2D eigenvalue weighted by Gasteiger charge is -2.12. The molecule has 16 heteroatoms. The molecule has 194 valence electrons. The van der Waals surface area contributed by atoms with Gasteiger partial charge in [-0.2, -0.15) is 0 Å². The van der Waals surface area contributed by atoms with Crippen LogP contribution in [0.4, 0.5) is 11.4 Å². The molecule has 0 aromatic heterocycles. The molecule has 0 aliphatic rings. The first-order chi connectivity index (χ1) is 18.0. The monoisotopic (exact) mass is 524 g/mol. The average molecular weight is 524 g/mol. The molecule has 0 saturated heterocycles. The fraction of sp³-hybridized carbons (Fsp3) is 0.0909. The van der Waals surface area contributed by atoms with Gasteiger partial charge in [0.15, 0.2) is 0 Å². The van der Waals surface area contributed by atoms with Gasteiger partial charge in [0.1, 0.15) is 13.2 Å². The maximum absolute atomic E-state index is 12.5. The Bertz CT molecular complexity index is 1290. The van der Waals surface area contributed by atoms with Crippen molar-refractivity contribution in [3.8, 4) is 0 Å². The summed E-state index contributed by atoms with van der Waals surface area (Å²) in [5, 5.41) is 59.5. The number of non-ortho nitro benzene ring substituents is 2. The largest absolute Gasteiger partial charge is 0.488 e. The van der Waals surface area contributed by atoms with Gasteiger partial charge in [-0.3, -0.25) is 20.2 Å². The molecule has 38 heavy (non-hydrogen) atoms. The molecule has 4 N–H and O–H groups in total. The normalized spacial score (nSPS) is 10.4. The van der Waals surface area contributed by atoms with Crippen molar-refractivity contribution in [2.45, 2.75) is 13.2 Å². The number of hydrogen-bond acceptors (Lipinski definition) is 12. The zero-order chi connectivity index (χ0) is 28.0. The van der Waals surface area contributed by atoms with E-state index in [1.165, 1.54) is 0 Å². The number of carbonyl (C=O) groups is 2. The Labute approximate surface area is 214 Å². The molecule has 14 nitrogen and oxygen atoms in total. The van der Waals surface area contributed by atoms with Gasteiger partial charge in [-0.15, -0.1) is 0 Å². The Morgan fingerprint density at radius 2 is 1.05 bits per heavy atom. The molecule has 0 spiro atoms. The van der Waals surface area contributed by atoms with Crippen molar-refractivity contribution in [2.75, 3.05) is 0 Å². The van der Waals surface area contributed by atoms with Crippen LogP contribution in [0.5, 0.6) is 0 Å². The average Bonchev–Trinajstić information content (AvgIpc) is 2.89. The summed E-state index contributed by atoms with van der Waals surface area (Å²) in [6.45, 7) is -0.687. The molecular weight excluding hydrogens is 506 g/mol. The molecule has 3 aromatic rings. The SMILES string of the molecule is O=C(OCc1ccccc1COC(=O)c1cc(B(O)O)cc([N+](=O)[O-])c1)c1cc(B(O)O)cc([N+](=O)[O-])c1. The van der Waals surface area contributed by atoms with Crippen molar-refractivity contribution < 1.29 is 49.0 Å². The standard InChI is InChI=1S/C22H18B2N2O12/c27-21(15-5-17(23(29)30)9-19(7-15)25(33)34)37-11-13-3-1-2-4-14(13)12-38-22(28)16-6-18(24(31)32)10-20(8-16)26(35)36/h1-10,29-32H,11-12H2. The van der Waals surface area contributed by atoms with Gasteiger partial charge in [-0.1, -0.05) is 24.3 Å². The highest BCUT2D eigenvalue weighted by molar-refractivity contribution is 6.59. The van der Waals surface area contributed by atoms with E-state index >= 15 is 0 Å². The molecule has 3 aromatic carbocycles. The van der Waals surface area contributed by atoms with Crippen LogP contribution in [0.3, 0.4) is 0 Å². The fourth-order valence-corrected chi connectivity index (χ4v) is 3.31. The topological polar surface area (TPSA) is 220 Å². The molecule has 0 fully saturated rings. The van der Waals surface area contributed by atoms with E-state index in [0.29, 0.717) is 11.1 Å². The van der Waals surface area contributed by atoms with Crippen molar-refractivity contribution in [3.63, 3.8) is 0 Å². The fourth-order valence-electron chi connectivity index (χ4n) is 3.31. The Hall–Kier alpha value is -4.63. The van der Waals surface area contributed by atoms with E-state index < -0.39 is 47.4 Å². The first kappa shape index (κ1) is 27.9. The van der Waals surface area contributed by atoms with Crippen molar-refractivity contribution in [3.05, 3.63) is 103 Å². The van der Waals surface area contributed by atoms with Crippen molar-refractivity contribution >= 4 is 48.5 Å². The maximum Gasteiger partial charge on any atom is 0.488 e. The minimum Gasteiger partial charge on any atom is -0.457 e. The minimum absolute atomic E-state index is 0.281. The first-order valence-corrected chi connectivity index (χ1v) is 10.7. The summed E-state index contributed by atoms with van der Waals surface area (Å²) in [7, 11) is -4.11. The van der Waals surface area contributed by atoms with Crippen molar-refractivity contribution in [1.29, 1.82) is 0 Å². The summed E-state index contributed by atoms with van der Waals surface area (Å²) in [6, 6.07) is 12.0. The quantitative estimate of drug-likeness (QED) is 0.115. The van der Waals surface area contributed by atoms with Crippen molar-refractivity contribution in [1.82, 2.24) is 0 Å². The molecule has 0 aliphatic heterocycles. The van der Waals surface area contributed by atoms with E-state index in [-0.39, 0.29) is 35.3 Å². The molecule has 0 bridgehead atoms. The molecule has 3 rings (SSSR count). The number of ether oxygens (including phenoxy) is 2. The zero-order valence-corrected chi connectivity index (χ0v) is 19.3. The van der Waals surface area contributed by atoms with Gasteiger partial charge in [0.05, 0.1) is 21.0 Å². The van der Waals surface area contributed by atoms with E-state index in [0.717, 1.165) is 36.4 Å². The summed E-state index contributed by atoms with van der Waals surface area (Å²) in [4.78, 5) is 45.6. The van der Waals surface area contributed by atoms with Crippen LogP contribution in [0.2, 0.25) is 0 Å². The minimum atomic E-state index is -2.06. The lowest BCUT2D eigenvalue weighted by atomic mass is 9.79. The van der Waals surface area contributed by atoms with Crippen LogP contribution in [-0.2, 0) is 22.7 Å². The van der Waals surface area contributed by atoms with Crippen LogP contribution < -0.4 is 10.9 Å². The van der Waals surface area contributed by atoms with Gasteiger partial charge in [-0.25, -0.2) is 9.59 Å². The third-order valence-electron chi connectivity index (χ3n) is 5.21. The molecule has 0 heterocycles. The van der Waals surface area contributed by atoms with Gasteiger partial charge in [-0.05, 0) is 34.2 Å². The van der Waals surface area contributed by atoms with E-state index in [1.54, 1.807) is 24.3 Å². The molecule has 0 aliphatic carbocycles. The maximum atomic E-state index is 12.5. The smallest absolute Gasteiger partial charge is 0.457 e. The Morgan fingerprint density at radius 3 is 1.37 bits per heavy atom. The molecule has 0 saturated carbocycles. The molecule has 0 amide bonds. The second-order valence-corrected chi connectivity index (χ2v) is 7.81. The van der Waals surface area contributed by atoms with E-state index in [2.05, 4.69) is 0 Å². The summed E-state index contributed by atoms with van der Waals surface area (Å²) in [6.07, 6.45) is 0. The van der Waals surface area contributed by atoms with Crippen LogP contribution in [0.25, 0.3) is 0 Å². The number of benzene rings is 3. The first-order valence-electron chi connectivity index (χ1n) is 10.7. The number of esters is 2.